The molecule has 0 spiro atoms. The van der Waals surface area contributed by atoms with Gasteiger partial charge in [0.25, 0.3) is 0 Å². The van der Waals surface area contributed by atoms with Gasteiger partial charge in [0.15, 0.2) is 0 Å². The maximum atomic E-state index is 13.3. The Hall–Kier alpha value is -3.33. The molecule has 0 fully saturated rings. The third kappa shape index (κ3) is 7.41. The fourth-order valence-corrected chi connectivity index (χ4v) is 4.75. The Bertz CT molecular complexity index is 1370. The zero-order valence-corrected chi connectivity index (χ0v) is 23.4. The van der Waals surface area contributed by atoms with E-state index in [-0.39, 0.29) is 28.3 Å². The normalized spacial score (nSPS) is 15.7. The highest BCUT2D eigenvalue weighted by molar-refractivity contribution is 6.41. The molecular weight excluding hydrogens is 543 g/mol. The maximum absolute atomic E-state index is 13.3. The number of ether oxygens (including phenoxy) is 2. The molecule has 1 heterocycles. The van der Waals surface area contributed by atoms with E-state index < -0.39 is 23.8 Å². The second-order valence-corrected chi connectivity index (χ2v) is 11.2. The number of fused-ring (bicyclic) bond motifs is 1. The van der Waals surface area contributed by atoms with Crippen molar-refractivity contribution in [2.45, 2.75) is 57.8 Å². The molecule has 39 heavy (non-hydrogen) atoms. The molecule has 1 amide bonds. The van der Waals surface area contributed by atoms with Gasteiger partial charge in [0.05, 0.1) is 23.2 Å². The maximum Gasteiger partial charge on any atom is 0.410 e. The summed E-state index contributed by atoms with van der Waals surface area (Å²) in [6, 6.07) is 13.3. The molecule has 0 radical (unpaired) electrons. The average Bonchev–Trinajstić information content (AvgIpc) is 2.87. The van der Waals surface area contributed by atoms with Gasteiger partial charge in [-0.05, 0) is 87.6 Å². The highest BCUT2D eigenvalue weighted by Crippen LogP contribution is 2.32. The van der Waals surface area contributed by atoms with Crippen LogP contribution in [0.5, 0.6) is 11.5 Å². The minimum atomic E-state index is -1.06. The Morgan fingerprint density at radius 3 is 2.54 bits per heavy atom. The predicted molar refractivity (Wildman–Crippen MR) is 148 cm³/mol. The van der Waals surface area contributed by atoms with Gasteiger partial charge in [-0.25, -0.2) is 14.6 Å². The number of carbonyl (C=O) groups is 2. The van der Waals surface area contributed by atoms with Crippen LogP contribution in [0.1, 0.15) is 60.3 Å². The molecule has 0 aliphatic heterocycles. The van der Waals surface area contributed by atoms with Crippen LogP contribution in [-0.2, 0) is 17.6 Å². The molecule has 10 heteroatoms. The van der Waals surface area contributed by atoms with E-state index in [0.717, 1.165) is 17.5 Å². The number of aromatic nitrogens is 1. The number of carbonyl (C=O) groups excluding carboxylic acids is 1. The van der Waals surface area contributed by atoms with Gasteiger partial charge >= 0.3 is 12.1 Å². The van der Waals surface area contributed by atoms with E-state index in [4.69, 9.17) is 32.7 Å². The van der Waals surface area contributed by atoms with Gasteiger partial charge in [-0.3, -0.25) is 0 Å². The molecule has 4 rings (SSSR count). The summed E-state index contributed by atoms with van der Waals surface area (Å²) in [5.41, 5.74) is 1.99. The number of carboxylic acid groups (broad SMARTS) is 1. The SMILES string of the molecule is CC(C)(C)OC(=O)N(C[C@H](O)c1cnc(Cl)c(Cl)c1)[C@H]1CCc2ccc(Oc3cccc(C(=O)O)c3)cc2C1. The van der Waals surface area contributed by atoms with Gasteiger partial charge in [-0.1, -0.05) is 35.3 Å². The number of nitrogens with zero attached hydrogens (tertiary/aromatic N) is 2. The number of benzene rings is 2. The van der Waals surface area contributed by atoms with Gasteiger partial charge in [-0.2, -0.15) is 0 Å². The van der Waals surface area contributed by atoms with Crippen molar-refractivity contribution in [2.24, 2.45) is 0 Å². The number of aryl methyl sites for hydroxylation is 1. The van der Waals surface area contributed by atoms with E-state index in [9.17, 15) is 19.8 Å². The number of hydrogen-bond donors (Lipinski definition) is 2. The highest BCUT2D eigenvalue weighted by Gasteiger charge is 2.33. The Morgan fingerprint density at radius 1 is 1.10 bits per heavy atom. The van der Waals surface area contributed by atoms with Gasteiger partial charge < -0.3 is 24.6 Å². The minimum Gasteiger partial charge on any atom is -0.478 e. The first-order valence-electron chi connectivity index (χ1n) is 12.5. The molecule has 0 bridgehead atoms. The van der Waals surface area contributed by atoms with Crippen LogP contribution in [0.15, 0.2) is 54.7 Å². The van der Waals surface area contributed by atoms with Crippen LogP contribution in [0.3, 0.4) is 0 Å². The van der Waals surface area contributed by atoms with Gasteiger partial charge in [0.1, 0.15) is 22.3 Å². The summed E-state index contributed by atoms with van der Waals surface area (Å²) in [6.07, 6.45) is 1.77. The zero-order valence-electron chi connectivity index (χ0n) is 21.9. The van der Waals surface area contributed by atoms with Crippen molar-refractivity contribution in [1.29, 1.82) is 0 Å². The molecule has 1 aliphatic carbocycles. The molecule has 206 valence electrons. The Morgan fingerprint density at radius 2 is 1.85 bits per heavy atom. The zero-order chi connectivity index (χ0) is 28.3. The van der Waals surface area contributed by atoms with E-state index in [1.165, 1.54) is 24.4 Å². The molecular formula is C29H30Cl2N2O6. The smallest absolute Gasteiger partial charge is 0.410 e. The number of carboxylic acids is 1. The number of aromatic carboxylic acids is 1. The van der Waals surface area contributed by atoms with Crippen molar-refractivity contribution in [3.05, 3.63) is 87.2 Å². The molecule has 0 saturated carbocycles. The standard InChI is InChI=1S/C29H30Cl2N2O6/c1-29(2,3)39-28(37)33(16-25(34)20-14-24(30)26(31)32-15-20)21-9-7-17-8-10-23(13-19(17)11-21)38-22-6-4-5-18(12-22)27(35)36/h4-6,8,10,12-15,21,25,34H,7,9,11,16H2,1-3H3,(H,35,36)/t21-,25-/m0/s1. The van der Waals surface area contributed by atoms with Gasteiger partial charge in [0, 0.05) is 17.8 Å². The summed E-state index contributed by atoms with van der Waals surface area (Å²) >= 11 is 12.0. The van der Waals surface area contributed by atoms with E-state index >= 15 is 0 Å². The van der Waals surface area contributed by atoms with E-state index in [0.29, 0.717) is 29.9 Å². The lowest BCUT2D eigenvalue weighted by molar-refractivity contribution is 0.00191. The quantitative estimate of drug-likeness (QED) is 0.303. The van der Waals surface area contributed by atoms with Crippen molar-refractivity contribution in [2.75, 3.05) is 6.54 Å². The van der Waals surface area contributed by atoms with Crippen molar-refractivity contribution in [3.8, 4) is 11.5 Å². The monoisotopic (exact) mass is 572 g/mol. The summed E-state index contributed by atoms with van der Waals surface area (Å²) in [5, 5.41) is 20.6. The Kier molecular flexibility index (Phi) is 8.69. The molecule has 0 unspecified atom stereocenters. The third-order valence-corrected chi connectivity index (χ3v) is 7.02. The number of halogens is 2. The van der Waals surface area contributed by atoms with Crippen LogP contribution in [-0.4, -0.2) is 50.3 Å². The summed E-state index contributed by atoms with van der Waals surface area (Å²) in [7, 11) is 0. The van der Waals surface area contributed by atoms with Crippen molar-refractivity contribution < 1.29 is 29.3 Å². The van der Waals surface area contributed by atoms with Crippen LogP contribution in [0.25, 0.3) is 0 Å². The Labute approximate surface area is 237 Å². The molecule has 2 N–H and O–H groups in total. The highest BCUT2D eigenvalue weighted by atomic mass is 35.5. The number of amides is 1. The molecule has 2 aromatic carbocycles. The van der Waals surface area contributed by atoms with Crippen LogP contribution >= 0.6 is 23.2 Å². The van der Waals surface area contributed by atoms with E-state index in [1.54, 1.807) is 37.8 Å². The lowest BCUT2D eigenvalue weighted by atomic mass is 9.87. The van der Waals surface area contributed by atoms with Gasteiger partial charge in [-0.15, -0.1) is 0 Å². The summed E-state index contributed by atoms with van der Waals surface area (Å²) in [6.45, 7) is 5.36. The van der Waals surface area contributed by atoms with Crippen LogP contribution in [0, 0.1) is 0 Å². The van der Waals surface area contributed by atoms with Crippen molar-refractivity contribution >= 4 is 35.3 Å². The molecule has 1 aliphatic rings. The van der Waals surface area contributed by atoms with Gasteiger partial charge in [0.2, 0.25) is 0 Å². The first-order chi connectivity index (χ1) is 18.4. The summed E-state index contributed by atoms with van der Waals surface area (Å²) < 4.78 is 11.6. The first-order valence-corrected chi connectivity index (χ1v) is 13.3. The molecule has 0 saturated heterocycles. The lowest BCUT2D eigenvalue weighted by Gasteiger charge is -2.37. The number of aliphatic hydroxyl groups excluding tert-OH is 1. The number of aliphatic hydroxyl groups is 1. The molecule has 2 atom stereocenters. The Balaban J connectivity index is 1.56. The van der Waals surface area contributed by atoms with Crippen molar-refractivity contribution in [3.63, 3.8) is 0 Å². The molecule has 3 aromatic rings. The topological polar surface area (TPSA) is 109 Å². The predicted octanol–water partition coefficient (Wildman–Crippen LogP) is 6.71. The fraction of sp³-hybridized carbons (Fsp3) is 0.345. The van der Waals surface area contributed by atoms with E-state index in [1.807, 2.05) is 18.2 Å². The summed E-state index contributed by atoms with van der Waals surface area (Å²) in [5.74, 6) is -0.0616. The van der Waals surface area contributed by atoms with Crippen LogP contribution < -0.4 is 4.74 Å². The van der Waals surface area contributed by atoms with E-state index in [2.05, 4.69) is 4.98 Å². The number of rotatable bonds is 7. The average molecular weight is 573 g/mol. The van der Waals surface area contributed by atoms with Crippen molar-refractivity contribution in [1.82, 2.24) is 9.88 Å². The number of pyridine rings is 1. The minimum absolute atomic E-state index is 0.0211. The molecule has 1 aromatic heterocycles. The van der Waals surface area contributed by atoms with Crippen LogP contribution in [0.2, 0.25) is 10.2 Å². The third-order valence-electron chi connectivity index (χ3n) is 6.34. The second kappa shape index (κ2) is 11.8. The molecule has 8 nitrogen and oxygen atoms in total. The second-order valence-electron chi connectivity index (χ2n) is 10.5. The number of hydrogen-bond acceptors (Lipinski definition) is 6. The first kappa shape index (κ1) is 28.7. The largest absolute Gasteiger partial charge is 0.478 e. The lowest BCUT2D eigenvalue weighted by Crippen LogP contribution is -2.47. The fourth-order valence-electron chi connectivity index (χ4n) is 4.48. The van der Waals surface area contributed by atoms with Crippen LogP contribution in [0.4, 0.5) is 4.79 Å². The summed E-state index contributed by atoms with van der Waals surface area (Å²) in [4.78, 5) is 30.2.